The van der Waals surface area contributed by atoms with Crippen LogP contribution in [0.4, 0.5) is 11.4 Å². The SMILES string of the molecule is COc1cc(Cl)cc(CCNc2cc(N3CCNCC3)ccc2S(C)(=O)=O)c1OC.Cl. The molecule has 0 radical (unpaired) electrons. The largest absolute Gasteiger partial charge is 0.493 e. The summed E-state index contributed by atoms with van der Waals surface area (Å²) in [6.07, 6.45) is 1.81. The van der Waals surface area contributed by atoms with Crippen molar-refractivity contribution in [1.29, 1.82) is 0 Å². The Labute approximate surface area is 195 Å². The predicted molar refractivity (Wildman–Crippen MR) is 129 cm³/mol. The molecule has 0 bridgehead atoms. The Morgan fingerprint density at radius 3 is 2.45 bits per heavy atom. The highest BCUT2D eigenvalue weighted by Crippen LogP contribution is 2.35. The van der Waals surface area contributed by atoms with Gasteiger partial charge in [-0.1, -0.05) is 11.6 Å². The minimum absolute atomic E-state index is 0. The third-order valence-corrected chi connectivity index (χ3v) is 6.45. The van der Waals surface area contributed by atoms with Crippen molar-refractivity contribution >= 4 is 45.2 Å². The van der Waals surface area contributed by atoms with E-state index in [9.17, 15) is 8.42 Å². The summed E-state index contributed by atoms with van der Waals surface area (Å²) in [5.41, 5.74) is 2.49. The Hall–Kier alpha value is -1.87. The zero-order valence-corrected chi connectivity index (χ0v) is 20.3. The summed E-state index contributed by atoms with van der Waals surface area (Å²) in [4.78, 5) is 2.54. The predicted octanol–water partition coefficient (Wildman–Crippen LogP) is 3.25. The van der Waals surface area contributed by atoms with Gasteiger partial charge in [0.05, 0.1) is 24.8 Å². The topological polar surface area (TPSA) is 79.9 Å². The van der Waals surface area contributed by atoms with Crippen LogP contribution in [0.1, 0.15) is 5.56 Å². The number of nitrogens with zero attached hydrogens (tertiary/aromatic N) is 1. The van der Waals surface area contributed by atoms with Gasteiger partial charge in [-0.2, -0.15) is 0 Å². The zero-order chi connectivity index (χ0) is 21.7. The second-order valence-corrected chi connectivity index (χ2v) is 9.59. The zero-order valence-electron chi connectivity index (χ0n) is 17.9. The molecule has 0 unspecified atom stereocenters. The lowest BCUT2D eigenvalue weighted by Crippen LogP contribution is -2.43. The summed E-state index contributed by atoms with van der Waals surface area (Å²) in [6.45, 7) is 4.10. The van der Waals surface area contributed by atoms with Gasteiger partial charge in [0.2, 0.25) is 0 Å². The van der Waals surface area contributed by atoms with Gasteiger partial charge >= 0.3 is 0 Å². The summed E-state index contributed by atoms with van der Waals surface area (Å²) >= 11 is 6.20. The first kappa shape index (κ1) is 25.4. The van der Waals surface area contributed by atoms with Crippen molar-refractivity contribution in [2.24, 2.45) is 0 Å². The molecular weight excluding hydrogens is 461 g/mol. The van der Waals surface area contributed by atoms with Crippen LogP contribution >= 0.6 is 24.0 Å². The number of rotatable bonds is 8. The summed E-state index contributed by atoms with van der Waals surface area (Å²) < 4.78 is 35.4. The molecule has 0 saturated carbocycles. The van der Waals surface area contributed by atoms with Gasteiger partial charge in [-0.25, -0.2) is 8.42 Å². The molecule has 0 aliphatic carbocycles. The maximum absolute atomic E-state index is 12.3. The third kappa shape index (κ3) is 6.32. The summed E-state index contributed by atoms with van der Waals surface area (Å²) in [7, 11) is -0.215. The molecule has 31 heavy (non-hydrogen) atoms. The van der Waals surface area contributed by atoms with E-state index < -0.39 is 9.84 Å². The highest BCUT2D eigenvalue weighted by molar-refractivity contribution is 7.90. The van der Waals surface area contributed by atoms with E-state index in [-0.39, 0.29) is 17.3 Å². The molecule has 0 amide bonds. The van der Waals surface area contributed by atoms with Crippen molar-refractivity contribution in [3.63, 3.8) is 0 Å². The van der Waals surface area contributed by atoms with Crippen LogP contribution in [0.2, 0.25) is 5.02 Å². The van der Waals surface area contributed by atoms with Crippen molar-refractivity contribution in [2.45, 2.75) is 11.3 Å². The van der Waals surface area contributed by atoms with E-state index in [0.717, 1.165) is 37.4 Å². The molecule has 2 N–H and O–H groups in total. The average Bonchev–Trinajstić information content (AvgIpc) is 2.73. The maximum atomic E-state index is 12.3. The van der Waals surface area contributed by atoms with Crippen molar-refractivity contribution in [3.05, 3.63) is 40.9 Å². The van der Waals surface area contributed by atoms with Gasteiger partial charge in [-0.15, -0.1) is 12.4 Å². The van der Waals surface area contributed by atoms with Crippen LogP contribution in [-0.2, 0) is 16.3 Å². The third-order valence-electron chi connectivity index (χ3n) is 5.08. The number of benzene rings is 2. The monoisotopic (exact) mass is 489 g/mol. The van der Waals surface area contributed by atoms with Gasteiger partial charge in [0.1, 0.15) is 0 Å². The molecular formula is C21H29Cl2N3O4S. The summed E-state index contributed by atoms with van der Waals surface area (Å²) in [5.74, 6) is 1.19. The molecule has 10 heteroatoms. The molecule has 1 aliphatic heterocycles. The van der Waals surface area contributed by atoms with E-state index >= 15 is 0 Å². The van der Waals surface area contributed by atoms with Gasteiger partial charge in [0, 0.05) is 61.3 Å². The van der Waals surface area contributed by atoms with Crippen LogP contribution in [0.25, 0.3) is 0 Å². The first-order valence-corrected chi connectivity index (χ1v) is 12.0. The van der Waals surface area contributed by atoms with Crippen LogP contribution in [0.15, 0.2) is 35.2 Å². The van der Waals surface area contributed by atoms with E-state index in [0.29, 0.717) is 35.2 Å². The number of ether oxygens (including phenoxy) is 2. The Bertz CT molecular complexity index is 996. The molecule has 1 fully saturated rings. The number of methoxy groups -OCH3 is 2. The summed E-state index contributed by atoms with van der Waals surface area (Å²) in [6, 6.07) is 9.00. The van der Waals surface area contributed by atoms with Gasteiger partial charge in [-0.05, 0) is 30.7 Å². The van der Waals surface area contributed by atoms with E-state index in [1.165, 1.54) is 6.26 Å². The average molecular weight is 490 g/mol. The van der Waals surface area contributed by atoms with Crippen molar-refractivity contribution in [2.75, 3.05) is 63.4 Å². The van der Waals surface area contributed by atoms with E-state index in [4.69, 9.17) is 21.1 Å². The van der Waals surface area contributed by atoms with Crippen LogP contribution < -0.4 is 25.0 Å². The Kier molecular flexibility index (Phi) is 9.12. The number of hydrogen-bond donors (Lipinski definition) is 2. The molecule has 0 aromatic heterocycles. The molecule has 0 atom stereocenters. The molecule has 172 valence electrons. The molecule has 0 spiro atoms. The first-order chi connectivity index (χ1) is 14.3. The normalized spacial score (nSPS) is 14.0. The van der Waals surface area contributed by atoms with E-state index in [1.54, 1.807) is 26.4 Å². The number of sulfone groups is 1. The highest BCUT2D eigenvalue weighted by Gasteiger charge is 2.18. The van der Waals surface area contributed by atoms with Crippen molar-refractivity contribution < 1.29 is 17.9 Å². The molecule has 1 aliphatic rings. The minimum atomic E-state index is -3.37. The number of nitrogens with one attached hydrogen (secondary N) is 2. The fourth-order valence-electron chi connectivity index (χ4n) is 3.62. The Morgan fingerprint density at radius 2 is 1.84 bits per heavy atom. The highest BCUT2D eigenvalue weighted by atomic mass is 35.5. The lowest BCUT2D eigenvalue weighted by Gasteiger charge is -2.30. The standard InChI is InChI=1S/C21H28ClN3O4S.ClH/c1-28-19-13-16(22)12-15(21(19)29-2)6-7-24-18-14-17(25-10-8-23-9-11-25)4-5-20(18)30(3,26)27;/h4-5,12-14,23-24H,6-11H2,1-3H3;1H. The quantitative estimate of drug-likeness (QED) is 0.588. The summed E-state index contributed by atoms with van der Waals surface area (Å²) in [5, 5.41) is 7.18. The van der Waals surface area contributed by atoms with Gasteiger partial charge in [0.25, 0.3) is 0 Å². The second kappa shape index (κ2) is 11.1. The van der Waals surface area contributed by atoms with Crippen LogP contribution in [0.5, 0.6) is 11.5 Å². The van der Waals surface area contributed by atoms with Gasteiger partial charge < -0.3 is 25.0 Å². The fraction of sp³-hybridized carbons (Fsp3) is 0.429. The van der Waals surface area contributed by atoms with Crippen LogP contribution in [-0.4, -0.2) is 61.6 Å². The molecule has 3 rings (SSSR count). The number of halogens is 2. The first-order valence-electron chi connectivity index (χ1n) is 9.77. The Balaban J connectivity index is 0.00000341. The number of anilines is 2. The van der Waals surface area contributed by atoms with E-state index in [2.05, 4.69) is 15.5 Å². The number of hydrogen-bond acceptors (Lipinski definition) is 7. The molecule has 7 nitrogen and oxygen atoms in total. The second-order valence-electron chi connectivity index (χ2n) is 7.17. The lowest BCUT2D eigenvalue weighted by atomic mass is 10.1. The molecule has 1 saturated heterocycles. The smallest absolute Gasteiger partial charge is 0.177 e. The molecule has 2 aromatic rings. The Morgan fingerprint density at radius 1 is 1.13 bits per heavy atom. The van der Waals surface area contributed by atoms with Crippen molar-refractivity contribution in [3.8, 4) is 11.5 Å². The maximum Gasteiger partial charge on any atom is 0.177 e. The minimum Gasteiger partial charge on any atom is -0.493 e. The van der Waals surface area contributed by atoms with Gasteiger partial charge in [-0.3, -0.25) is 0 Å². The molecule has 2 aromatic carbocycles. The van der Waals surface area contributed by atoms with Crippen LogP contribution in [0.3, 0.4) is 0 Å². The van der Waals surface area contributed by atoms with E-state index in [1.807, 2.05) is 18.2 Å². The van der Waals surface area contributed by atoms with Crippen LogP contribution in [0, 0.1) is 0 Å². The fourth-order valence-corrected chi connectivity index (χ4v) is 4.70. The van der Waals surface area contributed by atoms with Crippen molar-refractivity contribution in [1.82, 2.24) is 5.32 Å². The lowest BCUT2D eigenvalue weighted by molar-refractivity contribution is 0.352. The molecule has 1 heterocycles. The number of piperazine rings is 1. The van der Waals surface area contributed by atoms with Gasteiger partial charge in [0.15, 0.2) is 21.3 Å².